The zero-order chi connectivity index (χ0) is 33.1. The summed E-state index contributed by atoms with van der Waals surface area (Å²) in [6.45, 7) is 10.0. The lowest BCUT2D eigenvalue weighted by molar-refractivity contribution is -0.134. The molecule has 0 spiro atoms. The maximum Gasteiger partial charge on any atom is 0.328 e. The fourth-order valence-corrected chi connectivity index (χ4v) is 6.30. The molecular weight excluding hydrogens is 574 g/mol. The number of ketones is 1. The maximum atomic E-state index is 12.6. The molecule has 0 amide bonds. The summed E-state index contributed by atoms with van der Waals surface area (Å²) in [7, 11) is 0. The molecule has 0 atom stereocenters. The van der Waals surface area contributed by atoms with Gasteiger partial charge in [0.1, 0.15) is 0 Å². The van der Waals surface area contributed by atoms with Gasteiger partial charge in [0.2, 0.25) is 0 Å². The summed E-state index contributed by atoms with van der Waals surface area (Å²) >= 11 is 0. The van der Waals surface area contributed by atoms with E-state index in [0.29, 0.717) is 18.6 Å². The largest absolute Gasteiger partial charge is 0.478 e. The van der Waals surface area contributed by atoms with Crippen LogP contribution in [0.2, 0.25) is 0 Å². The molecular formula is C40H47NO5. The van der Waals surface area contributed by atoms with Gasteiger partial charge in [-0.2, -0.15) is 0 Å². The highest BCUT2D eigenvalue weighted by atomic mass is 16.4. The molecule has 46 heavy (non-hydrogen) atoms. The van der Waals surface area contributed by atoms with Gasteiger partial charge in [0, 0.05) is 37.2 Å². The van der Waals surface area contributed by atoms with Gasteiger partial charge in [-0.3, -0.25) is 4.79 Å². The molecule has 6 heteroatoms. The lowest BCUT2D eigenvalue weighted by atomic mass is 9.86. The minimum atomic E-state index is -1.26. The summed E-state index contributed by atoms with van der Waals surface area (Å²) in [4.78, 5) is 34.4. The number of unbranched alkanes of at least 4 members (excludes halogenated alkanes) is 2. The van der Waals surface area contributed by atoms with Gasteiger partial charge in [-0.15, -0.1) is 0 Å². The lowest BCUT2D eigenvalue weighted by Gasteiger charge is -2.30. The number of carboxylic acids is 2. The molecule has 242 valence electrons. The van der Waals surface area contributed by atoms with Crippen molar-refractivity contribution in [3.05, 3.63) is 124 Å². The number of fused-ring (bicyclic) bond motifs is 2. The molecule has 0 radical (unpaired) electrons. The summed E-state index contributed by atoms with van der Waals surface area (Å²) in [6, 6.07) is 26.3. The zero-order valence-electron chi connectivity index (χ0n) is 27.4. The van der Waals surface area contributed by atoms with Crippen LogP contribution in [0.5, 0.6) is 0 Å². The number of hydrogen-bond acceptors (Lipinski definition) is 4. The SMILES string of the molecule is CC(C)(C)c1ccc(C(=O)CCCCCN2CCC(=C3c4ccccc4CCc4ccccc43)CC2)cc1.O=C(O)/C=C/C(=O)O. The molecule has 5 rings (SSSR count). The second-order valence-electron chi connectivity index (χ2n) is 13.2. The van der Waals surface area contributed by atoms with Crippen molar-refractivity contribution in [1.29, 1.82) is 0 Å². The highest BCUT2D eigenvalue weighted by molar-refractivity contribution is 5.96. The van der Waals surface area contributed by atoms with Gasteiger partial charge in [0.15, 0.2) is 5.78 Å². The minimum Gasteiger partial charge on any atom is -0.478 e. The number of aliphatic carboxylic acids is 2. The summed E-state index contributed by atoms with van der Waals surface area (Å²) in [6.07, 6.45) is 9.61. The van der Waals surface area contributed by atoms with Crippen LogP contribution >= 0.6 is 0 Å². The van der Waals surface area contributed by atoms with E-state index in [0.717, 1.165) is 63.7 Å². The smallest absolute Gasteiger partial charge is 0.328 e. The molecule has 2 aliphatic rings. The van der Waals surface area contributed by atoms with Gasteiger partial charge < -0.3 is 15.1 Å². The number of Topliss-reactive ketones (excluding diaryl/α,β-unsaturated/α-hetero) is 1. The first kappa shape index (κ1) is 34.6. The Hall–Kier alpha value is -4.29. The molecule has 6 nitrogen and oxygen atoms in total. The van der Waals surface area contributed by atoms with Crippen LogP contribution in [0.1, 0.15) is 97.5 Å². The highest BCUT2D eigenvalue weighted by Crippen LogP contribution is 2.38. The average molecular weight is 622 g/mol. The van der Waals surface area contributed by atoms with Gasteiger partial charge in [0.25, 0.3) is 0 Å². The normalized spacial score (nSPS) is 14.9. The van der Waals surface area contributed by atoms with E-state index in [1.807, 2.05) is 12.1 Å². The number of carbonyl (C=O) groups is 3. The number of carbonyl (C=O) groups excluding carboxylic acids is 1. The highest BCUT2D eigenvalue weighted by Gasteiger charge is 2.23. The average Bonchev–Trinajstić information content (AvgIpc) is 3.21. The Morgan fingerprint density at radius 3 is 1.72 bits per heavy atom. The number of nitrogens with zero attached hydrogens (tertiary/aromatic N) is 1. The van der Waals surface area contributed by atoms with E-state index in [1.54, 1.807) is 5.57 Å². The molecule has 3 aromatic carbocycles. The van der Waals surface area contributed by atoms with Crippen LogP contribution in [0.4, 0.5) is 0 Å². The summed E-state index contributed by atoms with van der Waals surface area (Å²) < 4.78 is 0. The van der Waals surface area contributed by atoms with Gasteiger partial charge in [-0.25, -0.2) is 9.59 Å². The second-order valence-corrected chi connectivity index (χ2v) is 13.2. The van der Waals surface area contributed by atoms with E-state index in [2.05, 4.69) is 86.3 Å². The van der Waals surface area contributed by atoms with Crippen molar-refractivity contribution in [2.45, 2.75) is 77.6 Å². The third kappa shape index (κ3) is 9.85. The first-order valence-electron chi connectivity index (χ1n) is 16.4. The van der Waals surface area contributed by atoms with Crippen LogP contribution in [-0.2, 0) is 27.8 Å². The summed E-state index contributed by atoms with van der Waals surface area (Å²) in [5.74, 6) is -2.23. The summed E-state index contributed by atoms with van der Waals surface area (Å²) in [5, 5.41) is 15.6. The first-order valence-corrected chi connectivity index (χ1v) is 16.4. The number of aryl methyl sites for hydroxylation is 2. The van der Waals surface area contributed by atoms with E-state index in [9.17, 15) is 14.4 Å². The Labute approximate surface area is 273 Å². The van der Waals surface area contributed by atoms with E-state index in [-0.39, 0.29) is 11.2 Å². The topological polar surface area (TPSA) is 94.9 Å². The van der Waals surface area contributed by atoms with Crippen LogP contribution < -0.4 is 0 Å². The van der Waals surface area contributed by atoms with Crippen LogP contribution in [0.15, 0.2) is 90.5 Å². The van der Waals surface area contributed by atoms with Gasteiger partial charge in [-0.1, -0.05) is 106 Å². The van der Waals surface area contributed by atoms with E-state index < -0.39 is 11.9 Å². The Balaban J connectivity index is 0.000000533. The van der Waals surface area contributed by atoms with Crippen molar-refractivity contribution in [3.8, 4) is 0 Å². The van der Waals surface area contributed by atoms with E-state index in [4.69, 9.17) is 10.2 Å². The van der Waals surface area contributed by atoms with Gasteiger partial charge in [0.05, 0.1) is 0 Å². The zero-order valence-corrected chi connectivity index (χ0v) is 27.4. The molecule has 1 saturated heterocycles. The molecule has 3 aromatic rings. The fourth-order valence-electron chi connectivity index (χ4n) is 6.30. The number of likely N-dealkylation sites (tertiary alicyclic amines) is 1. The number of rotatable bonds is 9. The number of benzene rings is 3. The maximum absolute atomic E-state index is 12.6. The number of piperidine rings is 1. The standard InChI is InChI=1S/C36H43NO.C4H4O4/c1-36(2,3)31-20-18-29(19-21-31)34(38)15-5-4-10-24-37-25-22-30(23-26-37)35-32-13-8-6-11-27(32)16-17-28-12-7-9-14-33(28)35;5-3(6)1-2-4(7)8/h6-9,11-14,18-21H,4-5,10,15-17,22-26H2,1-3H3;1-2H,(H,5,6)(H,7,8)/b;2-1+. The molecule has 1 aliphatic heterocycles. The van der Waals surface area contributed by atoms with Crippen LogP contribution in [0, 0.1) is 0 Å². The third-order valence-electron chi connectivity index (χ3n) is 8.87. The van der Waals surface area contributed by atoms with Crippen LogP contribution in [-0.4, -0.2) is 52.5 Å². The molecule has 0 saturated carbocycles. The predicted octanol–water partition coefficient (Wildman–Crippen LogP) is 8.14. The van der Waals surface area contributed by atoms with Crippen molar-refractivity contribution in [2.75, 3.05) is 19.6 Å². The lowest BCUT2D eigenvalue weighted by Crippen LogP contribution is -2.32. The molecule has 1 aliphatic carbocycles. The molecule has 0 bridgehead atoms. The molecule has 1 heterocycles. The number of carboxylic acid groups (broad SMARTS) is 2. The van der Waals surface area contributed by atoms with E-state index in [1.165, 1.54) is 39.8 Å². The molecule has 1 fully saturated rings. The fraction of sp³-hybridized carbons (Fsp3) is 0.375. The summed E-state index contributed by atoms with van der Waals surface area (Å²) in [5.41, 5.74) is 11.3. The Morgan fingerprint density at radius 2 is 1.22 bits per heavy atom. The Bertz CT molecular complexity index is 1500. The monoisotopic (exact) mass is 621 g/mol. The molecule has 0 aromatic heterocycles. The third-order valence-corrected chi connectivity index (χ3v) is 8.87. The van der Waals surface area contributed by atoms with Crippen molar-refractivity contribution in [2.24, 2.45) is 0 Å². The van der Waals surface area contributed by atoms with Gasteiger partial charge in [-0.05, 0) is 83.9 Å². The van der Waals surface area contributed by atoms with E-state index >= 15 is 0 Å². The van der Waals surface area contributed by atoms with Crippen LogP contribution in [0.3, 0.4) is 0 Å². The van der Waals surface area contributed by atoms with Crippen molar-refractivity contribution in [1.82, 2.24) is 4.90 Å². The van der Waals surface area contributed by atoms with Crippen molar-refractivity contribution in [3.63, 3.8) is 0 Å². The second kappa shape index (κ2) is 16.3. The Morgan fingerprint density at radius 1 is 0.696 bits per heavy atom. The van der Waals surface area contributed by atoms with Crippen molar-refractivity contribution >= 4 is 23.3 Å². The minimum absolute atomic E-state index is 0.123. The number of hydrogen-bond donors (Lipinski definition) is 2. The first-order chi connectivity index (χ1) is 22.0. The Kier molecular flexibility index (Phi) is 12.3. The quantitative estimate of drug-likeness (QED) is 0.142. The molecule has 2 N–H and O–H groups in total. The molecule has 0 unspecified atom stereocenters. The van der Waals surface area contributed by atoms with Crippen LogP contribution in [0.25, 0.3) is 5.57 Å². The van der Waals surface area contributed by atoms with Crippen molar-refractivity contribution < 1.29 is 24.6 Å². The van der Waals surface area contributed by atoms with Gasteiger partial charge >= 0.3 is 11.9 Å². The predicted molar refractivity (Wildman–Crippen MR) is 184 cm³/mol.